The van der Waals surface area contributed by atoms with Gasteiger partial charge in [-0.25, -0.2) is 0 Å². The molecule has 5 heteroatoms. The topological polar surface area (TPSA) is 89.8 Å². The van der Waals surface area contributed by atoms with Gasteiger partial charge >= 0.3 is 0 Å². The molecule has 1 aromatic rings. The highest BCUT2D eigenvalue weighted by atomic mass is 15.1. The molecule has 0 saturated heterocycles. The third-order valence-corrected chi connectivity index (χ3v) is 1.79. The van der Waals surface area contributed by atoms with Gasteiger partial charge in [-0.1, -0.05) is 13.8 Å². The molecule has 1 aromatic heterocycles. The molecule has 14 heavy (non-hydrogen) atoms. The second-order valence-corrected chi connectivity index (χ2v) is 3.65. The van der Waals surface area contributed by atoms with Crippen molar-refractivity contribution >= 4 is 17.6 Å². The fourth-order valence-electron chi connectivity index (χ4n) is 1.06. The van der Waals surface area contributed by atoms with E-state index in [1.54, 1.807) is 6.07 Å². The molecule has 1 heterocycles. The molecule has 0 saturated carbocycles. The van der Waals surface area contributed by atoms with Crippen LogP contribution in [0.15, 0.2) is 6.07 Å². The monoisotopic (exact) mass is 195 g/mol. The van der Waals surface area contributed by atoms with Crippen LogP contribution in [-0.2, 0) is 0 Å². The second kappa shape index (κ2) is 4.64. The van der Waals surface area contributed by atoms with Gasteiger partial charge in [0.2, 0.25) is 5.95 Å². The fraction of sp³-hybridized carbons (Fsp3) is 0.556. The van der Waals surface area contributed by atoms with Gasteiger partial charge in [-0.05, 0) is 12.3 Å². The number of nitrogen functional groups attached to an aromatic ring is 2. The first-order valence-corrected chi connectivity index (χ1v) is 4.72. The van der Waals surface area contributed by atoms with E-state index < -0.39 is 0 Å². The summed E-state index contributed by atoms with van der Waals surface area (Å²) >= 11 is 0. The van der Waals surface area contributed by atoms with E-state index in [4.69, 9.17) is 11.5 Å². The highest BCUT2D eigenvalue weighted by molar-refractivity contribution is 5.48. The zero-order valence-electron chi connectivity index (χ0n) is 8.62. The molecule has 1 rings (SSSR count). The number of anilines is 3. The van der Waals surface area contributed by atoms with Crippen LogP contribution in [0.5, 0.6) is 0 Å². The van der Waals surface area contributed by atoms with Gasteiger partial charge in [-0.3, -0.25) is 0 Å². The van der Waals surface area contributed by atoms with E-state index in [9.17, 15) is 0 Å². The van der Waals surface area contributed by atoms with Crippen molar-refractivity contribution < 1.29 is 0 Å². The predicted octanol–water partition coefficient (Wildman–Crippen LogP) is 1.10. The maximum Gasteiger partial charge on any atom is 0.223 e. The Morgan fingerprint density at radius 3 is 2.64 bits per heavy atom. The van der Waals surface area contributed by atoms with Gasteiger partial charge in [0.15, 0.2) is 0 Å². The Morgan fingerprint density at radius 2 is 2.07 bits per heavy atom. The molecule has 0 bridgehead atoms. The third kappa shape index (κ3) is 3.47. The minimum Gasteiger partial charge on any atom is -0.383 e. The summed E-state index contributed by atoms with van der Waals surface area (Å²) in [7, 11) is 0. The number of aromatic nitrogens is 2. The van der Waals surface area contributed by atoms with Crippen LogP contribution in [-0.4, -0.2) is 16.5 Å². The van der Waals surface area contributed by atoms with Gasteiger partial charge in [-0.15, -0.1) is 0 Å². The normalized spacial score (nSPS) is 10.5. The van der Waals surface area contributed by atoms with Crippen LogP contribution in [0.1, 0.15) is 20.3 Å². The highest BCUT2D eigenvalue weighted by Crippen LogP contribution is 2.09. The number of rotatable bonds is 4. The molecule has 5 nitrogen and oxygen atoms in total. The van der Waals surface area contributed by atoms with Gasteiger partial charge in [0.25, 0.3) is 0 Å². The average molecular weight is 195 g/mol. The maximum atomic E-state index is 5.52. The van der Waals surface area contributed by atoms with E-state index in [1.807, 2.05) is 0 Å². The largest absolute Gasteiger partial charge is 0.383 e. The summed E-state index contributed by atoms with van der Waals surface area (Å²) in [6.07, 6.45) is 1.09. The summed E-state index contributed by atoms with van der Waals surface area (Å²) in [4.78, 5) is 7.79. The number of nitrogens with one attached hydrogen (secondary N) is 1. The van der Waals surface area contributed by atoms with Crippen molar-refractivity contribution in [3.8, 4) is 0 Å². The molecule has 5 N–H and O–H groups in total. The number of hydrogen-bond donors (Lipinski definition) is 3. The van der Waals surface area contributed by atoms with Gasteiger partial charge in [0, 0.05) is 12.6 Å². The Morgan fingerprint density at radius 1 is 1.36 bits per heavy atom. The van der Waals surface area contributed by atoms with Crippen LogP contribution in [0.25, 0.3) is 0 Å². The second-order valence-electron chi connectivity index (χ2n) is 3.65. The molecule has 0 aliphatic carbocycles. The first-order chi connectivity index (χ1) is 6.58. The third-order valence-electron chi connectivity index (χ3n) is 1.79. The van der Waals surface area contributed by atoms with Crippen LogP contribution < -0.4 is 16.8 Å². The van der Waals surface area contributed by atoms with Crippen molar-refractivity contribution in [3.05, 3.63) is 6.07 Å². The van der Waals surface area contributed by atoms with Crippen LogP contribution >= 0.6 is 0 Å². The summed E-state index contributed by atoms with van der Waals surface area (Å²) in [5.41, 5.74) is 11.0. The van der Waals surface area contributed by atoms with Gasteiger partial charge in [0.1, 0.15) is 11.6 Å². The van der Waals surface area contributed by atoms with E-state index >= 15 is 0 Å². The van der Waals surface area contributed by atoms with E-state index in [0.29, 0.717) is 17.6 Å². The number of hydrogen-bond acceptors (Lipinski definition) is 5. The van der Waals surface area contributed by atoms with Crippen LogP contribution in [0, 0.1) is 5.92 Å². The van der Waals surface area contributed by atoms with Crippen LogP contribution in [0.4, 0.5) is 17.6 Å². The summed E-state index contributed by atoms with van der Waals surface area (Å²) in [5, 5.41) is 3.15. The zero-order valence-corrected chi connectivity index (χ0v) is 8.62. The molecule has 0 spiro atoms. The van der Waals surface area contributed by atoms with Crippen molar-refractivity contribution in [2.75, 3.05) is 23.3 Å². The fourth-order valence-corrected chi connectivity index (χ4v) is 1.06. The van der Waals surface area contributed by atoms with Crippen molar-refractivity contribution in [2.45, 2.75) is 20.3 Å². The number of nitrogens with zero attached hydrogens (tertiary/aromatic N) is 2. The van der Waals surface area contributed by atoms with E-state index in [0.717, 1.165) is 13.0 Å². The van der Waals surface area contributed by atoms with Crippen LogP contribution in [0.3, 0.4) is 0 Å². The molecule has 0 aliphatic heterocycles. The molecule has 0 aromatic carbocycles. The molecule has 0 aliphatic rings. The molecule has 0 atom stereocenters. The van der Waals surface area contributed by atoms with Crippen molar-refractivity contribution in [2.24, 2.45) is 5.92 Å². The Hall–Kier alpha value is -1.52. The van der Waals surface area contributed by atoms with Gasteiger partial charge in [-0.2, -0.15) is 9.97 Å². The summed E-state index contributed by atoms with van der Waals surface area (Å²) in [6.45, 7) is 5.21. The summed E-state index contributed by atoms with van der Waals surface area (Å²) < 4.78 is 0. The Kier molecular flexibility index (Phi) is 3.50. The van der Waals surface area contributed by atoms with Gasteiger partial charge in [0.05, 0.1) is 0 Å². The molecule has 0 radical (unpaired) electrons. The van der Waals surface area contributed by atoms with E-state index in [1.165, 1.54) is 0 Å². The SMILES string of the molecule is CC(C)CCNc1cc(N)nc(N)n1. The van der Waals surface area contributed by atoms with Crippen molar-refractivity contribution in [1.29, 1.82) is 0 Å². The molecule has 78 valence electrons. The van der Waals surface area contributed by atoms with E-state index in [-0.39, 0.29) is 5.95 Å². The highest BCUT2D eigenvalue weighted by Gasteiger charge is 1.99. The minimum atomic E-state index is 0.206. The maximum absolute atomic E-state index is 5.52. The lowest BCUT2D eigenvalue weighted by molar-refractivity contribution is 0.606. The average Bonchev–Trinajstić information content (AvgIpc) is 2.01. The first-order valence-electron chi connectivity index (χ1n) is 4.72. The van der Waals surface area contributed by atoms with Crippen molar-refractivity contribution in [1.82, 2.24) is 9.97 Å². The Labute approximate surface area is 83.9 Å². The Balaban J connectivity index is 2.50. The lowest BCUT2D eigenvalue weighted by atomic mass is 10.1. The molecule has 0 fully saturated rings. The smallest absolute Gasteiger partial charge is 0.223 e. The molecule has 0 amide bonds. The Bertz CT molecular complexity index is 277. The zero-order chi connectivity index (χ0) is 10.6. The van der Waals surface area contributed by atoms with Crippen molar-refractivity contribution in [3.63, 3.8) is 0 Å². The summed E-state index contributed by atoms with van der Waals surface area (Å²) in [5.74, 6) is 1.95. The lowest BCUT2D eigenvalue weighted by Gasteiger charge is -2.08. The molecular weight excluding hydrogens is 178 g/mol. The molecular formula is C9H17N5. The minimum absolute atomic E-state index is 0.206. The molecule has 0 unspecified atom stereocenters. The van der Waals surface area contributed by atoms with Gasteiger partial charge < -0.3 is 16.8 Å². The lowest BCUT2D eigenvalue weighted by Crippen LogP contribution is -2.08. The predicted molar refractivity (Wildman–Crippen MR) is 58.8 cm³/mol. The summed E-state index contributed by atoms with van der Waals surface area (Å²) in [6, 6.07) is 1.68. The van der Waals surface area contributed by atoms with E-state index in [2.05, 4.69) is 29.1 Å². The standard InChI is InChI=1S/C9H17N5/c1-6(2)3-4-12-8-5-7(10)13-9(11)14-8/h5-6H,3-4H2,1-2H3,(H5,10,11,12,13,14). The quantitative estimate of drug-likeness (QED) is 0.669. The van der Waals surface area contributed by atoms with Crippen LogP contribution in [0.2, 0.25) is 0 Å². The number of nitrogens with two attached hydrogens (primary N) is 2. The first kappa shape index (κ1) is 10.6.